The van der Waals surface area contributed by atoms with Gasteiger partial charge in [0.15, 0.2) is 0 Å². The molecule has 0 aliphatic carbocycles. The number of hydrogen-bond donors (Lipinski definition) is 1. The van der Waals surface area contributed by atoms with Gasteiger partial charge in [-0.2, -0.15) is 0 Å². The third-order valence-electron chi connectivity index (χ3n) is 5.30. The first-order valence-corrected chi connectivity index (χ1v) is 9.72. The van der Waals surface area contributed by atoms with Crippen LogP contribution < -0.4 is 5.32 Å². The highest BCUT2D eigenvalue weighted by Crippen LogP contribution is 2.25. The third kappa shape index (κ3) is 3.78. The number of anilines is 1. The second kappa shape index (κ2) is 7.61. The monoisotopic (exact) mass is 382 g/mol. The Morgan fingerprint density at radius 1 is 1.15 bits per heavy atom. The predicted octanol–water partition coefficient (Wildman–Crippen LogP) is 4.94. The summed E-state index contributed by atoms with van der Waals surface area (Å²) in [6, 6.07) is 15.5. The lowest BCUT2D eigenvalue weighted by Gasteiger charge is -2.32. The smallest absolute Gasteiger partial charge is 0.321 e. The lowest BCUT2D eigenvalue weighted by Crippen LogP contribution is -2.41. The Morgan fingerprint density at radius 3 is 2.63 bits per heavy atom. The first-order valence-electron chi connectivity index (χ1n) is 9.34. The molecular weight excluding hydrogens is 360 g/mol. The molecule has 2 amide bonds. The fourth-order valence-electron chi connectivity index (χ4n) is 3.76. The Kier molecular flexibility index (Phi) is 5.03. The Labute approximate surface area is 163 Å². The molecule has 27 heavy (non-hydrogen) atoms. The summed E-state index contributed by atoms with van der Waals surface area (Å²) in [5.74, 6) is 1.60. The van der Waals surface area contributed by atoms with Gasteiger partial charge in [0.2, 0.25) is 0 Å². The number of hydrogen-bond acceptors (Lipinski definition) is 2. The average Bonchev–Trinajstić information content (AvgIpc) is 2.99. The van der Waals surface area contributed by atoms with Crippen LogP contribution in [0, 0.1) is 12.8 Å². The van der Waals surface area contributed by atoms with Crippen LogP contribution in [0.1, 0.15) is 18.7 Å². The number of aromatic nitrogens is 2. The van der Waals surface area contributed by atoms with Gasteiger partial charge in [-0.1, -0.05) is 35.9 Å². The molecule has 2 heterocycles. The molecule has 0 unspecified atom stereocenters. The van der Waals surface area contributed by atoms with Crippen molar-refractivity contribution >= 4 is 34.4 Å². The number of urea groups is 1. The summed E-state index contributed by atoms with van der Waals surface area (Å²) in [5.41, 5.74) is 2.90. The molecule has 1 aromatic heterocycles. The summed E-state index contributed by atoms with van der Waals surface area (Å²) in [6.45, 7) is 4.53. The molecule has 1 aliphatic rings. The van der Waals surface area contributed by atoms with Crippen molar-refractivity contribution in [3.05, 3.63) is 59.4 Å². The van der Waals surface area contributed by atoms with Crippen LogP contribution in [0.4, 0.5) is 10.5 Å². The van der Waals surface area contributed by atoms with Gasteiger partial charge in [-0.15, -0.1) is 0 Å². The SMILES string of the molecule is Cc1nc2ccccc2n1CC1CCN(C(=O)Nc2ccccc2Cl)CC1. The maximum absolute atomic E-state index is 12.5. The summed E-state index contributed by atoms with van der Waals surface area (Å²) < 4.78 is 2.31. The topological polar surface area (TPSA) is 50.2 Å². The Morgan fingerprint density at radius 2 is 1.85 bits per heavy atom. The third-order valence-corrected chi connectivity index (χ3v) is 5.63. The van der Waals surface area contributed by atoms with E-state index in [1.54, 1.807) is 6.07 Å². The first kappa shape index (κ1) is 17.9. The van der Waals surface area contributed by atoms with Crippen molar-refractivity contribution in [2.75, 3.05) is 18.4 Å². The molecular formula is C21H23ClN4O. The maximum Gasteiger partial charge on any atom is 0.321 e. The van der Waals surface area contributed by atoms with Gasteiger partial charge in [0.05, 0.1) is 21.7 Å². The highest BCUT2D eigenvalue weighted by Gasteiger charge is 2.24. The molecule has 0 saturated carbocycles. The van der Waals surface area contributed by atoms with E-state index in [0.717, 1.165) is 43.8 Å². The standard InChI is InChI=1S/C21H23ClN4O/c1-15-23-19-8-4-5-9-20(19)26(15)14-16-10-12-25(13-11-16)21(27)24-18-7-3-2-6-17(18)22/h2-9,16H,10-14H2,1H3,(H,24,27). The highest BCUT2D eigenvalue weighted by molar-refractivity contribution is 6.33. The molecule has 1 aliphatic heterocycles. The van der Waals surface area contributed by atoms with Crippen LogP contribution >= 0.6 is 11.6 Å². The first-order chi connectivity index (χ1) is 13.1. The molecule has 0 radical (unpaired) electrons. The number of rotatable bonds is 3. The fourth-order valence-corrected chi connectivity index (χ4v) is 3.94. The molecule has 3 aromatic rings. The Bertz CT molecular complexity index is 960. The van der Waals surface area contributed by atoms with E-state index in [1.807, 2.05) is 29.2 Å². The zero-order valence-electron chi connectivity index (χ0n) is 15.4. The maximum atomic E-state index is 12.5. The molecule has 1 saturated heterocycles. The summed E-state index contributed by atoms with van der Waals surface area (Å²) >= 11 is 6.13. The van der Waals surface area contributed by atoms with E-state index in [9.17, 15) is 4.79 Å². The van der Waals surface area contributed by atoms with Gasteiger partial charge < -0.3 is 14.8 Å². The van der Waals surface area contributed by atoms with Crippen molar-refractivity contribution in [2.45, 2.75) is 26.3 Å². The Balaban J connectivity index is 1.37. The summed E-state index contributed by atoms with van der Waals surface area (Å²) in [7, 11) is 0. The van der Waals surface area contributed by atoms with Crippen molar-refractivity contribution in [1.29, 1.82) is 0 Å². The van der Waals surface area contributed by atoms with Crippen LogP contribution in [0.3, 0.4) is 0 Å². The van der Waals surface area contributed by atoms with Gasteiger partial charge in [-0.3, -0.25) is 0 Å². The molecule has 0 bridgehead atoms. The van der Waals surface area contributed by atoms with Crippen LogP contribution in [-0.4, -0.2) is 33.6 Å². The molecule has 4 rings (SSSR count). The van der Waals surface area contributed by atoms with Gasteiger partial charge in [0.25, 0.3) is 0 Å². The van der Waals surface area contributed by atoms with E-state index in [2.05, 4.69) is 40.0 Å². The minimum absolute atomic E-state index is 0.0780. The van der Waals surface area contributed by atoms with Crippen LogP contribution in [0.2, 0.25) is 5.02 Å². The number of aryl methyl sites for hydroxylation is 1. The van der Waals surface area contributed by atoms with Crippen LogP contribution in [0.25, 0.3) is 11.0 Å². The van der Waals surface area contributed by atoms with E-state index >= 15 is 0 Å². The minimum Gasteiger partial charge on any atom is -0.328 e. The van der Waals surface area contributed by atoms with Gasteiger partial charge in [0.1, 0.15) is 5.82 Å². The van der Waals surface area contributed by atoms with E-state index in [0.29, 0.717) is 16.6 Å². The number of halogens is 1. The molecule has 140 valence electrons. The fraction of sp³-hybridized carbons (Fsp3) is 0.333. The number of para-hydroxylation sites is 3. The number of likely N-dealkylation sites (tertiary alicyclic amines) is 1. The number of fused-ring (bicyclic) bond motifs is 1. The lowest BCUT2D eigenvalue weighted by molar-refractivity contribution is 0.177. The van der Waals surface area contributed by atoms with E-state index in [4.69, 9.17) is 11.6 Å². The number of nitrogens with zero attached hydrogens (tertiary/aromatic N) is 3. The van der Waals surface area contributed by atoms with Crippen LogP contribution in [-0.2, 0) is 6.54 Å². The van der Waals surface area contributed by atoms with Gasteiger partial charge >= 0.3 is 6.03 Å². The molecule has 5 nitrogen and oxygen atoms in total. The quantitative estimate of drug-likeness (QED) is 0.697. The van der Waals surface area contributed by atoms with Crippen LogP contribution in [0.5, 0.6) is 0 Å². The summed E-state index contributed by atoms with van der Waals surface area (Å²) in [5, 5.41) is 3.47. The van der Waals surface area contributed by atoms with Crippen LogP contribution in [0.15, 0.2) is 48.5 Å². The number of nitrogens with one attached hydrogen (secondary N) is 1. The number of amides is 2. The summed E-state index contributed by atoms with van der Waals surface area (Å²) in [4.78, 5) is 19.0. The van der Waals surface area contributed by atoms with E-state index < -0.39 is 0 Å². The van der Waals surface area contributed by atoms with Gasteiger partial charge in [0, 0.05) is 19.6 Å². The largest absolute Gasteiger partial charge is 0.328 e. The molecule has 1 N–H and O–H groups in total. The Hall–Kier alpha value is -2.53. The van der Waals surface area contributed by atoms with Crippen molar-refractivity contribution < 1.29 is 4.79 Å². The highest BCUT2D eigenvalue weighted by atomic mass is 35.5. The van der Waals surface area contributed by atoms with E-state index in [1.165, 1.54) is 5.52 Å². The number of imidazole rings is 1. The average molecular weight is 383 g/mol. The van der Waals surface area contributed by atoms with Crippen molar-refractivity contribution in [3.63, 3.8) is 0 Å². The summed E-state index contributed by atoms with van der Waals surface area (Å²) in [6.07, 6.45) is 1.98. The number of carbonyl (C=O) groups is 1. The van der Waals surface area contributed by atoms with Crippen molar-refractivity contribution in [1.82, 2.24) is 14.5 Å². The number of benzene rings is 2. The van der Waals surface area contributed by atoms with Gasteiger partial charge in [-0.25, -0.2) is 9.78 Å². The zero-order valence-corrected chi connectivity index (χ0v) is 16.1. The molecule has 0 spiro atoms. The van der Waals surface area contributed by atoms with E-state index in [-0.39, 0.29) is 6.03 Å². The second-order valence-electron chi connectivity index (χ2n) is 7.10. The molecule has 6 heteroatoms. The normalized spacial score (nSPS) is 15.3. The van der Waals surface area contributed by atoms with Crippen molar-refractivity contribution in [2.24, 2.45) is 5.92 Å². The lowest BCUT2D eigenvalue weighted by atomic mass is 9.97. The number of carbonyl (C=O) groups excluding carboxylic acids is 1. The second-order valence-corrected chi connectivity index (χ2v) is 7.51. The molecule has 0 atom stereocenters. The predicted molar refractivity (Wildman–Crippen MR) is 109 cm³/mol. The minimum atomic E-state index is -0.0780. The zero-order chi connectivity index (χ0) is 18.8. The molecule has 2 aromatic carbocycles. The van der Waals surface area contributed by atoms with Crippen molar-refractivity contribution in [3.8, 4) is 0 Å². The van der Waals surface area contributed by atoms with Gasteiger partial charge in [-0.05, 0) is 49.9 Å². The molecule has 1 fully saturated rings. The number of piperidine rings is 1.